The van der Waals surface area contributed by atoms with Crippen LogP contribution in [0, 0.1) is 5.41 Å². The molecule has 2 rings (SSSR count). The molecule has 2 aliphatic heterocycles. The van der Waals surface area contributed by atoms with Crippen LogP contribution in [-0.2, 0) is 9.53 Å². The van der Waals surface area contributed by atoms with Crippen LogP contribution in [0.15, 0.2) is 0 Å². The van der Waals surface area contributed by atoms with E-state index in [4.69, 9.17) is 4.74 Å². The van der Waals surface area contributed by atoms with Crippen LogP contribution >= 0.6 is 0 Å². The summed E-state index contributed by atoms with van der Waals surface area (Å²) in [6.07, 6.45) is 3.11. The van der Waals surface area contributed by atoms with Crippen molar-refractivity contribution in [1.29, 1.82) is 0 Å². The minimum atomic E-state index is -0.211. The van der Waals surface area contributed by atoms with Crippen LogP contribution in [0.4, 0.5) is 0 Å². The van der Waals surface area contributed by atoms with Gasteiger partial charge in [-0.1, -0.05) is 0 Å². The molecule has 0 aliphatic carbocycles. The molecule has 1 unspecified atom stereocenters. The number of carbonyl (C=O) groups excluding carboxylic acids is 1. The van der Waals surface area contributed by atoms with Crippen LogP contribution in [0.25, 0.3) is 0 Å². The van der Waals surface area contributed by atoms with Crippen molar-refractivity contribution in [3.63, 3.8) is 0 Å². The molecule has 0 aromatic rings. The van der Waals surface area contributed by atoms with Crippen molar-refractivity contribution in [3.8, 4) is 0 Å². The smallest absolute Gasteiger partial charge is 0.227 e. The van der Waals surface area contributed by atoms with Crippen LogP contribution in [0.2, 0.25) is 0 Å². The fraction of sp³-hybridized carbons (Fsp3) is 0.929. The topological polar surface area (TPSA) is 53.6 Å². The predicted molar refractivity (Wildman–Crippen MR) is 75.1 cm³/mol. The van der Waals surface area contributed by atoms with Gasteiger partial charge in [-0.05, 0) is 39.3 Å². The number of rotatable bonds is 5. The van der Waals surface area contributed by atoms with E-state index in [1.165, 1.54) is 0 Å². The Hall–Kier alpha value is -0.650. The number of ether oxygens (including phenoxy) is 1. The van der Waals surface area contributed by atoms with Gasteiger partial charge in [0.2, 0.25) is 5.91 Å². The maximum Gasteiger partial charge on any atom is 0.227 e. The van der Waals surface area contributed by atoms with Gasteiger partial charge in [0.05, 0.1) is 18.6 Å². The number of amides is 1. The third-order valence-corrected chi connectivity index (χ3v) is 4.19. The number of morpholine rings is 1. The van der Waals surface area contributed by atoms with E-state index in [-0.39, 0.29) is 11.3 Å². The first kappa shape index (κ1) is 14.8. The quantitative estimate of drug-likeness (QED) is 0.701. The number of carbonyl (C=O) groups is 1. The highest BCUT2D eigenvalue weighted by molar-refractivity contribution is 5.82. The van der Waals surface area contributed by atoms with Crippen molar-refractivity contribution in [3.05, 3.63) is 0 Å². The molecule has 0 saturated carbocycles. The molecule has 110 valence electrons. The van der Waals surface area contributed by atoms with Crippen LogP contribution < -0.4 is 10.6 Å². The average Bonchev–Trinajstić information content (AvgIpc) is 2.45. The van der Waals surface area contributed by atoms with Gasteiger partial charge < -0.3 is 15.4 Å². The van der Waals surface area contributed by atoms with E-state index in [1.54, 1.807) is 0 Å². The zero-order chi connectivity index (χ0) is 13.6. The third-order valence-electron chi connectivity index (χ3n) is 4.19. The Morgan fingerprint density at radius 1 is 1.42 bits per heavy atom. The Labute approximate surface area is 116 Å². The summed E-state index contributed by atoms with van der Waals surface area (Å²) in [5.74, 6) is 0.210. The second-order valence-electron chi connectivity index (χ2n) is 5.90. The lowest BCUT2D eigenvalue weighted by Crippen LogP contribution is -2.49. The Balaban J connectivity index is 1.60. The maximum atomic E-state index is 12.2. The Morgan fingerprint density at radius 3 is 2.89 bits per heavy atom. The highest BCUT2D eigenvalue weighted by Crippen LogP contribution is 2.25. The molecule has 0 spiro atoms. The van der Waals surface area contributed by atoms with Gasteiger partial charge >= 0.3 is 0 Å². The van der Waals surface area contributed by atoms with Gasteiger partial charge in [-0.2, -0.15) is 0 Å². The molecule has 2 heterocycles. The number of hydrogen-bond donors (Lipinski definition) is 2. The second-order valence-corrected chi connectivity index (χ2v) is 5.90. The fourth-order valence-electron chi connectivity index (χ4n) is 2.79. The number of piperidine rings is 1. The van der Waals surface area contributed by atoms with Crippen molar-refractivity contribution in [2.75, 3.05) is 52.5 Å². The largest absolute Gasteiger partial charge is 0.379 e. The lowest BCUT2D eigenvalue weighted by Gasteiger charge is -2.32. The van der Waals surface area contributed by atoms with Gasteiger partial charge in [0.1, 0.15) is 0 Å². The molecule has 0 aromatic carbocycles. The summed E-state index contributed by atoms with van der Waals surface area (Å²) < 4.78 is 5.32. The van der Waals surface area contributed by atoms with Gasteiger partial charge in [-0.25, -0.2) is 0 Å². The third kappa shape index (κ3) is 4.44. The molecule has 1 amide bonds. The van der Waals surface area contributed by atoms with Gasteiger partial charge in [0, 0.05) is 26.2 Å². The normalized spacial score (nSPS) is 29.1. The van der Waals surface area contributed by atoms with Crippen molar-refractivity contribution in [2.24, 2.45) is 5.41 Å². The van der Waals surface area contributed by atoms with Crippen LogP contribution in [-0.4, -0.2) is 63.3 Å². The van der Waals surface area contributed by atoms with Crippen molar-refractivity contribution in [1.82, 2.24) is 15.5 Å². The lowest BCUT2D eigenvalue weighted by atomic mass is 9.82. The first-order valence-electron chi connectivity index (χ1n) is 7.50. The van der Waals surface area contributed by atoms with E-state index in [0.29, 0.717) is 0 Å². The molecule has 5 heteroatoms. The average molecular weight is 269 g/mol. The summed E-state index contributed by atoms with van der Waals surface area (Å²) in [4.78, 5) is 14.6. The minimum Gasteiger partial charge on any atom is -0.379 e. The van der Waals surface area contributed by atoms with Crippen LogP contribution in [0.1, 0.15) is 26.2 Å². The Bertz CT molecular complexity index is 284. The molecule has 5 nitrogen and oxygen atoms in total. The molecule has 0 aromatic heterocycles. The first-order valence-corrected chi connectivity index (χ1v) is 7.50. The SMILES string of the molecule is CC1(C(=O)NCCCN2CCOCC2)CCCNC1. The van der Waals surface area contributed by atoms with E-state index in [9.17, 15) is 4.79 Å². The summed E-state index contributed by atoms with van der Waals surface area (Å²) in [6.45, 7) is 9.49. The van der Waals surface area contributed by atoms with Crippen LogP contribution in [0.3, 0.4) is 0 Å². The summed E-state index contributed by atoms with van der Waals surface area (Å²) in [6, 6.07) is 0. The Morgan fingerprint density at radius 2 is 2.21 bits per heavy atom. The highest BCUT2D eigenvalue weighted by atomic mass is 16.5. The summed E-state index contributed by atoms with van der Waals surface area (Å²) in [7, 11) is 0. The first-order chi connectivity index (χ1) is 9.21. The van der Waals surface area contributed by atoms with Crippen molar-refractivity contribution in [2.45, 2.75) is 26.2 Å². The van der Waals surface area contributed by atoms with Gasteiger partial charge in [0.15, 0.2) is 0 Å². The summed E-state index contributed by atoms with van der Waals surface area (Å²) in [5, 5.41) is 6.41. The highest BCUT2D eigenvalue weighted by Gasteiger charge is 2.34. The molecule has 2 fully saturated rings. The summed E-state index contributed by atoms with van der Waals surface area (Å²) >= 11 is 0. The maximum absolute atomic E-state index is 12.2. The minimum absolute atomic E-state index is 0.210. The fourth-order valence-corrected chi connectivity index (χ4v) is 2.79. The molecule has 0 radical (unpaired) electrons. The Kier molecular flexibility index (Phi) is 5.60. The van der Waals surface area contributed by atoms with Crippen molar-refractivity contribution >= 4 is 5.91 Å². The standard InChI is InChI=1S/C14H27N3O2/c1-14(4-2-5-15-12-14)13(18)16-6-3-7-17-8-10-19-11-9-17/h15H,2-12H2,1H3,(H,16,18). The number of nitrogens with zero attached hydrogens (tertiary/aromatic N) is 1. The second kappa shape index (κ2) is 7.22. The monoisotopic (exact) mass is 269 g/mol. The van der Waals surface area contributed by atoms with Gasteiger partial charge in [0.25, 0.3) is 0 Å². The molecule has 2 saturated heterocycles. The predicted octanol–water partition coefficient (Wildman–Crippen LogP) is 0.215. The zero-order valence-corrected chi connectivity index (χ0v) is 12.0. The van der Waals surface area contributed by atoms with Gasteiger partial charge in [-0.3, -0.25) is 9.69 Å². The van der Waals surface area contributed by atoms with E-state index >= 15 is 0 Å². The molecular formula is C14H27N3O2. The molecule has 19 heavy (non-hydrogen) atoms. The molecule has 1 atom stereocenters. The van der Waals surface area contributed by atoms with Gasteiger partial charge in [-0.15, -0.1) is 0 Å². The summed E-state index contributed by atoms with van der Waals surface area (Å²) in [5.41, 5.74) is -0.211. The van der Waals surface area contributed by atoms with E-state index in [1.807, 2.05) is 0 Å². The zero-order valence-electron chi connectivity index (χ0n) is 12.0. The van der Waals surface area contributed by atoms with E-state index in [0.717, 1.165) is 71.7 Å². The van der Waals surface area contributed by atoms with E-state index in [2.05, 4.69) is 22.5 Å². The molecule has 2 aliphatic rings. The lowest BCUT2D eigenvalue weighted by molar-refractivity contribution is -0.131. The van der Waals surface area contributed by atoms with Crippen molar-refractivity contribution < 1.29 is 9.53 Å². The number of hydrogen-bond acceptors (Lipinski definition) is 4. The van der Waals surface area contributed by atoms with E-state index < -0.39 is 0 Å². The molecule has 2 N–H and O–H groups in total. The molecular weight excluding hydrogens is 242 g/mol. The molecule has 0 bridgehead atoms. The van der Waals surface area contributed by atoms with Crippen LogP contribution in [0.5, 0.6) is 0 Å². The number of nitrogens with one attached hydrogen (secondary N) is 2.